The normalized spacial score (nSPS) is 14.1. The first-order valence-electron chi connectivity index (χ1n) is 13.0. The number of rotatable bonds is 11. The van der Waals surface area contributed by atoms with Gasteiger partial charge in [0.2, 0.25) is 11.8 Å². The van der Waals surface area contributed by atoms with Gasteiger partial charge in [0.1, 0.15) is 11.9 Å². The highest BCUT2D eigenvalue weighted by Gasteiger charge is 2.31. The van der Waals surface area contributed by atoms with Gasteiger partial charge in [0, 0.05) is 36.5 Å². The van der Waals surface area contributed by atoms with E-state index in [1.807, 2.05) is 57.2 Å². The molecule has 3 aromatic rings. The Morgan fingerprint density at radius 1 is 1.00 bits per heavy atom. The summed E-state index contributed by atoms with van der Waals surface area (Å²) >= 11 is 0. The van der Waals surface area contributed by atoms with Gasteiger partial charge in [-0.15, -0.1) is 0 Å². The standard InChI is InChI=1S/C30H34FN3O3/c1-4-20(3)32-29(36)25(5-2)34(19-21-14-16-23(31)17-15-21)27(35)13-8-18-33-26-12-7-10-22-9-6-11-24(28(22)26)30(33)37/h6-7,9-12,14-17,20,25H,4-5,8,13,18-19H2,1-3H3,(H,32,36)/t20-,25-/m1/s1. The lowest BCUT2D eigenvalue weighted by Gasteiger charge is -2.31. The fourth-order valence-corrected chi connectivity index (χ4v) is 4.88. The molecule has 1 heterocycles. The third kappa shape index (κ3) is 5.66. The highest BCUT2D eigenvalue weighted by Crippen LogP contribution is 2.37. The van der Waals surface area contributed by atoms with E-state index in [1.165, 1.54) is 12.1 Å². The van der Waals surface area contributed by atoms with Crippen molar-refractivity contribution in [3.63, 3.8) is 0 Å². The average Bonchev–Trinajstić information content (AvgIpc) is 3.17. The Hall–Kier alpha value is -3.74. The minimum atomic E-state index is -0.641. The Balaban J connectivity index is 1.48. The number of amides is 3. The smallest absolute Gasteiger partial charge is 0.258 e. The third-order valence-electron chi connectivity index (χ3n) is 7.07. The number of carbonyl (C=O) groups is 3. The number of hydrogen-bond acceptors (Lipinski definition) is 3. The van der Waals surface area contributed by atoms with Gasteiger partial charge in [-0.3, -0.25) is 14.4 Å². The summed E-state index contributed by atoms with van der Waals surface area (Å²) in [6.07, 6.45) is 1.88. The molecular weight excluding hydrogens is 469 g/mol. The Morgan fingerprint density at radius 3 is 2.38 bits per heavy atom. The van der Waals surface area contributed by atoms with E-state index in [-0.39, 0.29) is 42.5 Å². The van der Waals surface area contributed by atoms with Crippen molar-refractivity contribution < 1.29 is 18.8 Å². The molecule has 7 heteroatoms. The van der Waals surface area contributed by atoms with Gasteiger partial charge in [-0.25, -0.2) is 4.39 Å². The summed E-state index contributed by atoms with van der Waals surface area (Å²) in [5, 5.41) is 4.96. The van der Waals surface area contributed by atoms with Crippen molar-refractivity contribution in [3.8, 4) is 0 Å². The molecule has 0 fully saturated rings. The maximum atomic E-state index is 13.5. The van der Waals surface area contributed by atoms with Crippen molar-refractivity contribution in [2.45, 2.75) is 65.1 Å². The number of nitrogens with zero attached hydrogens (tertiary/aromatic N) is 2. The summed E-state index contributed by atoms with van der Waals surface area (Å²) < 4.78 is 13.5. The van der Waals surface area contributed by atoms with Crippen LogP contribution in [-0.2, 0) is 16.1 Å². The number of hydrogen-bond donors (Lipinski definition) is 1. The highest BCUT2D eigenvalue weighted by atomic mass is 19.1. The lowest BCUT2D eigenvalue weighted by atomic mass is 10.1. The van der Waals surface area contributed by atoms with Crippen LogP contribution in [0.3, 0.4) is 0 Å². The van der Waals surface area contributed by atoms with Crippen LogP contribution < -0.4 is 10.2 Å². The molecule has 0 radical (unpaired) electrons. The van der Waals surface area contributed by atoms with E-state index in [1.54, 1.807) is 21.9 Å². The molecule has 0 bridgehead atoms. The predicted molar refractivity (Wildman–Crippen MR) is 144 cm³/mol. The van der Waals surface area contributed by atoms with E-state index in [0.29, 0.717) is 24.9 Å². The molecule has 0 aromatic heterocycles. The lowest BCUT2D eigenvalue weighted by molar-refractivity contribution is -0.141. The first-order chi connectivity index (χ1) is 17.8. The maximum Gasteiger partial charge on any atom is 0.258 e. The first-order valence-corrected chi connectivity index (χ1v) is 13.0. The van der Waals surface area contributed by atoms with Gasteiger partial charge in [0.25, 0.3) is 5.91 Å². The molecule has 0 spiro atoms. The van der Waals surface area contributed by atoms with E-state index < -0.39 is 6.04 Å². The average molecular weight is 504 g/mol. The number of halogens is 1. The molecule has 3 aromatic carbocycles. The van der Waals surface area contributed by atoms with Crippen LogP contribution in [0.5, 0.6) is 0 Å². The second-order valence-electron chi connectivity index (χ2n) is 9.63. The number of benzene rings is 3. The van der Waals surface area contributed by atoms with Gasteiger partial charge < -0.3 is 15.1 Å². The van der Waals surface area contributed by atoms with Gasteiger partial charge in [-0.05, 0) is 61.4 Å². The van der Waals surface area contributed by atoms with Gasteiger partial charge in [0.05, 0.1) is 5.69 Å². The van der Waals surface area contributed by atoms with Crippen LogP contribution >= 0.6 is 0 Å². The molecule has 1 N–H and O–H groups in total. The summed E-state index contributed by atoms with van der Waals surface area (Å²) in [6, 6.07) is 16.9. The van der Waals surface area contributed by atoms with Crippen LogP contribution in [0.2, 0.25) is 0 Å². The Bertz CT molecular complexity index is 1290. The molecule has 1 aliphatic rings. The number of carbonyl (C=O) groups excluding carboxylic acids is 3. The zero-order valence-electron chi connectivity index (χ0n) is 21.7. The van der Waals surface area contributed by atoms with Crippen molar-refractivity contribution in [1.29, 1.82) is 0 Å². The van der Waals surface area contributed by atoms with Gasteiger partial charge in [0.15, 0.2) is 0 Å². The molecule has 3 amide bonds. The molecule has 194 valence electrons. The van der Waals surface area contributed by atoms with E-state index >= 15 is 0 Å². The second kappa shape index (κ2) is 11.5. The van der Waals surface area contributed by atoms with Crippen molar-refractivity contribution in [3.05, 3.63) is 77.6 Å². The summed E-state index contributed by atoms with van der Waals surface area (Å²) in [5.74, 6) is -0.765. The van der Waals surface area contributed by atoms with Crippen molar-refractivity contribution >= 4 is 34.2 Å². The maximum absolute atomic E-state index is 13.5. The van der Waals surface area contributed by atoms with Crippen molar-refractivity contribution in [2.75, 3.05) is 11.4 Å². The Labute approximate surface area is 217 Å². The van der Waals surface area contributed by atoms with Gasteiger partial charge in [-0.1, -0.05) is 50.2 Å². The second-order valence-corrected chi connectivity index (χ2v) is 9.63. The minimum Gasteiger partial charge on any atom is -0.352 e. The quantitative estimate of drug-likeness (QED) is 0.379. The molecule has 37 heavy (non-hydrogen) atoms. The zero-order chi connectivity index (χ0) is 26.5. The Kier molecular flexibility index (Phi) is 8.21. The predicted octanol–water partition coefficient (Wildman–Crippen LogP) is 5.44. The minimum absolute atomic E-state index is 0.00477. The number of nitrogens with one attached hydrogen (secondary N) is 1. The fourth-order valence-electron chi connectivity index (χ4n) is 4.88. The molecule has 6 nitrogen and oxygen atoms in total. The number of anilines is 1. The topological polar surface area (TPSA) is 69.7 Å². The van der Waals surface area contributed by atoms with Gasteiger partial charge in [-0.2, -0.15) is 0 Å². The fraction of sp³-hybridized carbons (Fsp3) is 0.367. The van der Waals surface area contributed by atoms with Crippen LogP contribution in [-0.4, -0.2) is 41.2 Å². The summed E-state index contributed by atoms with van der Waals surface area (Å²) in [5.41, 5.74) is 2.31. The van der Waals surface area contributed by atoms with Crippen LogP contribution in [0.4, 0.5) is 10.1 Å². The summed E-state index contributed by atoms with van der Waals surface area (Å²) in [7, 11) is 0. The van der Waals surface area contributed by atoms with Crippen LogP contribution in [0.15, 0.2) is 60.7 Å². The lowest BCUT2D eigenvalue weighted by Crippen LogP contribution is -2.50. The van der Waals surface area contributed by atoms with Crippen LogP contribution in [0.25, 0.3) is 10.8 Å². The van der Waals surface area contributed by atoms with Crippen LogP contribution in [0, 0.1) is 5.82 Å². The van der Waals surface area contributed by atoms with E-state index in [9.17, 15) is 18.8 Å². The third-order valence-corrected chi connectivity index (χ3v) is 7.07. The summed E-state index contributed by atoms with van der Waals surface area (Å²) in [4.78, 5) is 43.0. The molecule has 4 rings (SSSR count). The molecule has 0 saturated carbocycles. The monoisotopic (exact) mass is 503 g/mol. The van der Waals surface area contributed by atoms with E-state index in [2.05, 4.69) is 5.32 Å². The Morgan fingerprint density at radius 2 is 1.70 bits per heavy atom. The molecule has 1 aliphatic heterocycles. The first kappa shape index (κ1) is 26.3. The van der Waals surface area contributed by atoms with E-state index in [0.717, 1.165) is 28.4 Å². The zero-order valence-corrected chi connectivity index (χ0v) is 21.7. The molecule has 0 saturated heterocycles. The molecular formula is C30H34FN3O3. The highest BCUT2D eigenvalue weighted by molar-refractivity contribution is 6.25. The van der Waals surface area contributed by atoms with Gasteiger partial charge >= 0.3 is 0 Å². The van der Waals surface area contributed by atoms with Crippen molar-refractivity contribution in [1.82, 2.24) is 10.2 Å². The van der Waals surface area contributed by atoms with E-state index in [4.69, 9.17) is 0 Å². The van der Waals surface area contributed by atoms with Crippen LogP contribution in [0.1, 0.15) is 62.4 Å². The molecule has 2 atom stereocenters. The summed E-state index contributed by atoms with van der Waals surface area (Å²) in [6.45, 7) is 6.41. The van der Waals surface area contributed by atoms with Crippen molar-refractivity contribution in [2.24, 2.45) is 0 Å². The molecule has 0 unspecified atom stereocenters. The largest absolute Gasteiger partial charge is 0.352 e. The molecule has 0 aliphatic carbocycles. The SMILES string of the molecule is CC[C@@H](C)NC(=O)[C@@H](CC)N(Cc1ccc(F)cc1)C(=O)CCCN1C(=O)c2cccc3cccc1c23.